The van der Waals surface area contributed by atoms with Crippen LogP contribution in [0.4, 0.5) is 0 Å². The Morgan fingerprint density at radius 2 is 1.93 bits per heavy atom. The first kappa shape index (κ1) is 21.6. The fourth-order valence-electron chi connectivity index (χ4n) is 3.30. The minimum Gasteiger partial charge on any atom is -0.454 e. The SMILES string of the molecule is CCn1cc(C(=O)NC(C)C(=O)NCCCN(C)C)c(=O)c2cc3c(cc21)OCO3. The summed E-state index contributed by atoms with van der Waals surface area (Å²) < 4.78 is 12.6. The number of rotatable bonds is 8. The van der Waals surface area contributed by atoms with Crippen molar-refractivity contribution >= 4 is 22.7 Å². The van der Waals surface area contributed by atoms with Crippen molar-refractivity contribution in [3.8, 4) is 11.5 Å². The third-order valence-electron chi connectivity index (χ3n) is 4.98. The van der Waals surface area contributed by atoms with Gasteiger partial charge in [0.1, 0.15) is 11.6 Å². The van der Waals surface area contributed by atoms with Gasteiger partial charge in [-0.25, -0.2) is 0 Å². The number of pyridine rings is 1. The number of benzene rings is 1. The molecule has 1 unspecified atom stereocenters. The van der Waals surface area contributed by atoms with Crippen LogP contribution in [0.5, 0.6) is 11.5 Å². The van der Waals surface area contributed by atoms with Gasteiger partial charge in [0.15, 0.2) is 11.5 Å². The summed E-state index contributed by atoms with van der Waals surface area (Å²) in [5, 5.41) is 5.79. The predicted octanol–water partition coefficient (Wildman–Crippen LogP) is 0.936. The van der Waals surface area contributed by atoms with Crippen molar-refractivity contribution in [3.05, 3.63) is 34.1 Å². The number of amides is 2. The van der Waals surface area contributed by atoms with Crippen molar-refractivity contribution < 1.29 is 19.1 Å². The number of fused-ring (bicyclic) bond motifs is 2. The van der Waals surface area contributed by atoms with E-state index in [1.165, 1.54) is 6.20 Å². The zero-order valence-corrected chi connectivity index (χ0v) is 17.8. The number of aryl methyl sites for hydroxylation is 1. The zero-order valence-electron chi connectivity index (χ0n) is 17.8. The Morgan fingerprint density at radius 3 is 2.60 bits per heavy atom. The average Bonchev–Trinajstić information content (AvgIpc) is 3.17. The van der Waals surface area contributed by atoms with Gasteiger partial charge in [-0.1, -0.05) is 0 Å². The van der Waals surface area contributed by atoms with Crippen LogP contribution >= 0.6 is 0 Å². The summed E-state index contributed by atoms with van der Waals surface area (Å²) in [4.78, 5) is 40.0. The lowest BCUT2D eigenvalue weighted by Crippen LogP contribution is -2.46. The van der Waals surface area contributed by atoms with Crippen LogP contribution in [-0.2, 0) is 11.3 Å². The number of ether oxygens (including phenoxy) is 2. The Balaban J connectivity index is 1.78. The Kier molecular flexibility index (Phi) is 6.61. The zero-order chi connectivity index (χ0) is 21.8. The van der Waals surface area contributed by atoms with Crippen molar-refractivity contribution in [2.24, 2.45) is 0 Å². The number of carbonyl (C=O) groups is 2. The molecule has 1 aromatic heterocycles. The van der Waals surface area contributed by atoms with Gasteiger partial charge in [0.25, 0.3) is 5.91 Å². The number of hydrogen-bond acceptors (Lipinski definition) is 6. The average molecular weight is 416 g/mol. The molecule has 30 heavy (non-hydrogen) atoms. The number of aromatic nitrogens is 1. The molecule has 0 bridgehead atoms. The molecule has 0 radical (unpaired) electrons. The lowest BCUT2D eigenvalue weighted by Gasteiger charge is -2.16. The predicted molar refractivity (Wildman–Crippen MR) is 113 cm³/mol. The Bertz CT molecular complexity index is 1010. The molecule has 9 nitrogen and oxygen atoms in total. The molecule has 1 aliphatic heterocycles. The van der Waals surface area contributed by atoms with Gasteiger partial charge in [-0.05, 0) is 47.0 Å². The molecular formula is C21H28N4O5. The molecule has 1 atom stereocenters. The molecule has 2 aromatic rings. The molecule has 1 aliphatic rings. The van der Waals surface area contributed by atoms with Gasteiger partial charge in [0, 0.05) is 25.4 Å². The van der Waals surface area contributed by atoms with Crippen molar-refractivity contribution in [3.63, 3.8) is 0 Å². The molecule has 0 spiro atoms. The van der Waals surface area contributed by atoms with E-state index in [0.29, 0.717) is 35.5 Å². The third-order valence-corrected chi connectivity index (χ3v) is 4.98. The van der Waals surface area contributed by atoms with Gasteiger partial charge in [-0.15, -0.1) is 0 Å². The third kappa shape index (κ3) is 4.56. The number of nitrogens with zero attached hydrogens (tertiary/aromatic N) is 2. The van der Waals surface area contributed by atoms with Crippen molar-refractivity contribution in [2.45, 2.75) is 32.9 Å². The number of nitrogens with one attached hydrogen (secondary N) is 2. The summed E-state index contributed by atoms with van der Waals surface area (Å²) in [6.07, 6.45) is 2.32. The minimum atomic E-state index is -0.765. The quantitative estimate of drug-likeness (QED) is 0.621. The highest BCUT2D eigenvalue weighted by atomic mass is 16.7. The van der Waals surface area contributed by atoms with Gasteiger partial charge >= 0.3 is 0 Å². The van der Waals surface area contributed by atoms with E-state index in [9.17, 15) is 14.4 Å². The van der Waals surface area contributed by atoms with Crippen molar-refractivity contribution in [1.82, 2.24) is 20.1 Å². The maximum Gasteiger partial charge on any atom is 0.257 e. The highest BCUT2D eigenvalue weighted by Crippen LogP contribution is 2.35. The van der Waals surface area contributed by atoms with Gasteiger partial charge in [0.05, 0.1) is 10.9 Å². The largest absolute Gasteiger partial charge is 0.454 e. The second-order valence-electron chi connectivity index (χ2n) is 7.52. The first-order chi connectivity index (χ1) is 14.3. The molecule has 2 heterocycles. The molecule has 2 amide bonds. The fourth-order valence-corrected chi connectivity index (χ4v) is 3.30. The first-order valence-electron chi connectivity index (χ1n) is 10.0. The van der Waals surface area contributed by atoms with Crippen LogP contribution < -0.4 is 25.5 Å². The molecule has 9 heteroatoms. The van der Waals surface area contributed by atoms with Crippen LogP contribution in [0.2, 0.25) is 0 Å². The lowest BCUT2D eigenvalue weighted by molar-refractivity contribution is -0.122. The van der Waals surface area contributed by atoms with Gasteiger partial charge in [-0.2, -0.15) is 0 Å². The van der Waals surface area contributed by atoms with E-state index in [4.69, 9.17) is 9.47 Å². The van der Waals surface area contributed by atoms with Crippen LogP contribution in [0.25, 0.3) is 10.9 Å². The summed E-state index contributed by atoms with van der Waals surface area (Å²) in [5.74, 6) is 0.172. The van der Waals surface area contributed by atoms with Crippen molar-refractivity contribution in [1.29, 1.82) is 0 Å². The smallest absolute Gasteiger partial charge is 0.257 e. The molecule has 2 N–H and O–H groups in total. The monoisotopic (exact) mass is 416 g/mol. The van der Waals surface area contributed by atoms with Crippen LogP contribution in [0.1, 0.15) is 30.6 Å². The highest BCUT2D eigenvalue weighted by Gasteiger charge is 2.22. The van der Waals surface area contributed by atoms with Gasteiger partial charge in [0.2, 0.25) is 18.1 Å². The van der Waals surface area contributed by atoms with Crippen LogP contribution in [0.15, 0.2) is 23.1 Å². The summed E-state index contributed by atoms with van der Waals surface area (Å²) in [6, 6.07) is 2.58. The summed E-state index contributed by atoms with van der Waals surface area (Å²) >= 11 is 0. The highest BCUT2D eigenvalue weighted by molar-refractivity contribution is 6.00. The van der Waals surface area contributed by atoms with Crippen LogP contribution in [-0.4, -0.2) is 61.3 Å². The number of hydrogen-bond donors (Lipinski definition) is 2. The fraction of sp³-hybridized carbons (Fsp3) is 0.476. The van der Waals surface area contributed by atoms with Crippen molar-refractivity contribution in [2.75, 3.05) is 34.0 Å². The lowest BCUT2D eigenvalue weighted by atomic mass is 10.1. The molecule has 0 saturated carbocycles. The van der Waals surface area contributed by atoms with E-state index in [-0.39, 0.29) is 18.3 Å². The topological polar surface area (TPSA) is 102 Å². The Morgan fingerprint density at radius 1 is 1.23 bits per heavy atom. The first-order valence-corrected chi connectivity index (χ1v) is 10.0. The standard InChI is InChI=1S/C21H28N4O5/c1-5-25-11-15(19(26)14-9-17-18(10-16(14)25)30-12-29-17)21(28)23-13(2)20(27)22-7-6-8-24(3)4/h9-11,13H,5-8,12H2,1-4H3,(H,22,27)(H,23,28). The second kappa shape index (κ2) is 9.17. The summed E-state index contributed by atoms with van der Waals surface area (Å²) in [5.41, 5.74) is 0.231. The van der Waals surface area contributed by atoms with Gasteiger partial charge in [-0.3, -0.25) is 14.4 Å². The van der Waals surface area contributed by atoms with Crippen LogP contribution in [0.3, 0.4) is 0 Å². The molecule has 0 saturated heterocycles. The van der Waals surface area contributed by atoms with E-state index in [2.05, 4.69) is 10.6 Å². The Hall–Kier alpha value is -3.07. The maximum atomic E-state index is 13.0. The molecule has 3 rings (SSSR count). The molecule has 0 aliphatic carbocycles. The van der Waals surface area contributed by atoms with E-state index >= 15 is 0 Å². The molecule has 162 valence electrons. The minimum absolute atomic E-state index is 0.0181. The second-order valence-corrected chi connectivity index (χ2v) is 7.52. The van der Waals surface area contributed by atoms with E-state index in [0.717, 1.165) is 13.0 Å². The summed E-state index contributed by atoms with van der Waals surface area (Å²) in [6.45, 7) is 5.53. The maximum absolute atomic E-state index is 13.0. The number of carbonyl (C=O) groups excluding carboxylic acids is 2. The Labute approximate surface area is 174 Å². The van der Waals surface area contributed by atoms with Gasteiger partial charge < -0.3 is 29.6 Å². The molecular weight excluding hydrogens is 388 g/mol. The molecule has 1 aromatic carbocycles. The summed E-state index contributed by atoms with van der Waals surface area (Å²) in [7, 11) is 3.93. The normalized spacial score (nSPS) is 13.5. The van der Waals surface area contributed by atoms with E-state index < -0.39 is 17.4 Å². The molecule has 0 fully saturated rings. The van der Waals surface area contributed by atoms with E-state index in [1.54, 1.807) is 23.6 Å². The van der Waals surface area contributed by atoms with E-state index in [1.807, 2.05) is 25.9 Å². The van der Waals surface area contributed by atoms with Crippen LogP contribution in [0, 0.1) is 0 Å².